The van der Waals surface area contributed by atoms with Crippen molar-refractivity contribution in [2.24, 2.45) is 0 Å². The van der Waals surface area contributed by atoms with Gasteiger partial charge in [-0.15, -0.1) is 0 Å². The predicted molar refractivity (Wildman–Crippen MR) is 135 cm³/mol. The molecular formula is C26H30ClF3N4O4. The first-order valence-electron chi connectivity index (χ1n) is 12.3. The van der Waals surface area contributed by atoms with Gasteiger partial charge in [-0.2, -0.15) is 13.2 Å². The van der Waals surface area contributed by atoms with Gasteiger partial charge in [-0.1, -0.05) is 11.6 Å². The highest BCUT2D eigenvalue weighted by Crippen LogP contribution is 2.39. The summed E-state index contributed by atoms with van der Waals surface area (Å²) in [6.45, 7) is 1.65. The number of carbonyl (C=O) groups is 2. The molecule has 8 nitrogen and oxygen atoms in total. The molecule has 1 aromatic heterocycles. The molecule has 12 heteroatoms. The fraction of sp³-hybridized carbons (Fsp3) is 0.500. The van der Waals surface area contributed by atoms with Crippen molar-refractivity contribution in [1.29, 1.82) is 0 Å². The molecular weight excluding hydrogens is 525 g/mol. The number of carbonyl (C=O) groups excluding carboxylic acids is 2. The van der Waals surface area contributed by atoms with Crippen molar-refractivity contribution in [2.45, 2.75) is 76.0 Å². The van der Waals surface area contributed by atoms with Crippen LogP contribution < -0.4 is 20.3 Å². The van der Waals surface area contributed by atoms with E-state index in [0.29, 0.717) is 35.0 Å². The number of aliphatic hydroxyl groups excluding tert-OH is 1. The van der Waals surface area contributed by atoms with Crippen molar-refractivity contribution in [3.63, 3.8) is 0 Å². The van der Waals surface area contributed by atoms with Crippen LogP contribution in [0, 0.1) is 0 Å². The summed E-state index contributed by atoms with van der Waals surface area (Å²) >= 11 is 5.99. The number of rotatable bonds is 8. The third kappa shape index (κ3) is 6.50. The summed E-state index contributed by atoms with van der Waals surface area (Å²) in [5.41, 5.74) is -0.654. The van der Waals surface area contributed by atoms with E-state index in [9.17, 15) is 27.9 Å². The molecule has 3 heterocycles. The molecule has 1 aromatic carbocycles. The molecule has 2 bridgehead atoms. The van der Waals surface area contributed by atoms with Gasteiger partial charge in [-0.25, -0.2) is 4.98 Å². The number of nitrogens with one attached hydrogen (secondary N) is 2. The van der Waals surface area contributed by atoms with E-state index in [2.05, 4.69) is 15.2 Å². The molecule has 2 fully saturated rings. The summed E-state index contributed by atoms with van der Waals surface area (Å²) in [5.74, 6) is -0.0759. The average Bonchev–Trinajstić information content (AvgIpc) is 3.13. The monoisotopic (exact) mass is 554 g/mol. The van der Waals surface area contributed by atoms with Crippen LogP contribution in [-0.4, -0.2) is 58.4 Å². The molecule has 0 saturated carbocycles. The van der Waals surface area contributed by atoms with Crippen molar-refractivity contribution in [1.82, 2.24) is 15.6 Å². The van der Waals surface area contributed by atoms with E-state index in [1.807, 2.05) is 5.32 Å². The van der Waals surface area contributed by atoms with Gasteiger partial charge in [0.05, 0.1) is 12.2 Å². The normalized spacial score (nSPS) is 21.2. The summed E-state index contributed by atoms with van der Waals surface area (Å²) in [5, 5.41) is 15.0. The van der Waals surface area contributed by atoms with Gasteiger partial charge in [0, 0.05) is 34.9 Å². The van der Waals surface area contributed by atoms with E-state index in [-0.39, 0.29) is 36.2 Å². The lowest BCUT2D eigenvalue weighted by Gasteiger charge is -2.41. The molecule has 0 radical (unpaired) electrons. The van der Waals surface area contributed by atoms with Crippen LogP contribution in [0.5, 0.6) is 5.75 Å². The minimum atomic E-state index is -4.48. The van der Waals surface area contributed by atoms with Gasteiger partial charge in [0.2, 0.25) is 0 Å². The third-order valence-electron chi connectivity index (χ3n) is 6.90. The van der Waals surface area contributed by atoms with Gasteiger partial charge >= 0.3 is 6.18 Å². The Bertz CT molecular complexity index is 1160. The van der Waals surface area contributed by atoms with Crippen molar-refractivity contribution >= 4 is 29.2 Å². The van der Waals surface area contributed by atoms with Crippen LogP contribution in [0.25, 0.3) is 0 Å². The van der Waals surface area contributed by atoms with Crippen LogP contribution in [0.15, 0.2) is 36.5 Å². The lowest BCUT2D eigenvalue weighted by molar-refractivity contribution is -0.135. The summed E-state index contributed by atoms with van der Waals surface area (Å²) in [4.78, 5) is 31.6. The SMILES string of the molecule is CC(C)(Oc1ccc(Cl)cc1CO)C(=O)NC1C[C@H]2CC[C@@H](C1)N2c1ccc(C(=O)NCC(F)(F)F)cn1. The molecule has 2 saturated heterocycles. The molecule has 0 spiro atoms. The summed E-state index contributed by atoms with van der Waals surface area (Å²) < 4.78 is 43.1. The molecule has 2 aliphatic heterocycles. The Morgan fingerprint density at radius 3 is 2.42 bits per heavy atom. The number of hydrogen-bond acceptors (Lipinski definition) is 6. The maximum absolute atomic E-state index is 13.1. The Morgan fingerprint density at radius 2 is 1.84 bits per heavy atom. The Balaban J connectivity index is 1.36. The molecule has 4 rings (SSSR count). The highest BCUT2D eigenvalue weighted by molar-refractivity contribution is 6.30. The first-order valence-corrected chi connectivity index (χ1v) is 12.7. The summed E-state index contributed by atoms with van der Waals surface area (Å²) in [6.07, 6.45) is 0.00852. The molecule has 2 aromatic rings. The minimum absolute atomic E-state index is 0.0553. The van der Waals surface area contributed by atoms with E-state index in [1.165, 1.54) is 12.3 Å². The molecule has 2 aliphatic rings. The summed E-state index contributed by atoms with van der Waals surface area (Å²) in [6, 6.07) is 8.14. The number of aromatic nitrogens is 1. The van der Waals surface area contributed by atoms with Crippen LogP contribution in [0.4, 0.5) is 19.0 Å². The number of piperidine rings is 1. The molecule has 38 heavy (non-hydrogen) atoms. The van der Waals surface area contributed by atoms with Crippen LogP contribution in [0.1, 0.15) is 55.5 Å². The van der Waals surface area contributed by atoms with E-state index in [4.69, 9.17) is 16.3 Å². The Hall–Kier alpha value is -3.05. The Labute approximate surface area is 223 Å². The number of aliphatic hydroxyl groups is 1. The van der Waals surface area contributed by atoms with Crippen molar-refractivity contribution in [3.05, 3.63) is 52.7 Å². The second-order valence-electron chi connectivity index (χ2n) is 10.2. The van der Waals surface area contributed by atoms with E-state index < -0.39 is 24.2 Å². The van der Waals surface area contributed by atoms with Gasteiger partial charge in [0.1, 0.15) is 18.1 Å². The third-order valence-corrected chi connectivity index (χ3v) is 7.13. The van der Waals surface area contributed by atoms with E-state index >= 15 is 0 Å². The van der Waals surface area contributed by atoms with Gasteiger partial charge < -0.3 is 25.4 Å². The smallest absolute Gasteiger partial charge is 0.405 e. The van der Waals surface area contributed by atoms with E-state index in [0.717, 1.165) is 12.8 Å². The Kier molecular flexibility index (Phi) is 8.08. The van der Waals surface area contributed by atoms with Crippen LogP contribution >= 0.6 is 11.6 Å². The predicted octanol–water partition coefficient (Wildman–Crippen LogP) is 3.99. The molecule has 3 atom stereocenters. The molecule has 0 aliphatic carbocycles. The van der Waals surface area contributed by atoms with Gasteiger partial charge in [-0.3, -0.25) is 9.59 Å². The van der Waals surface area contributed by atoms with Crippen LogP contribution in [0.3, 0.4) is 0 Å². The van der Waals surface area contributed by atoms with Crippen LogP contribution in [0.2, 0.25) is 5.02 Å². The van der Waals surface area contributed by atoms with E-state index in [1.54, 1.807) is 38.1 Å². The average molecular weight is 555 g/mol. The number of pyridine rings is 1. The lowest BCUT2D eigenvalue weighted by atomic mass is 9.96. The number of halogens is 4. The highest BCUT2D eigenvalue weighted by Gasteiger charge is 2.43. The molecule has 2 amide bonds. The topological polar surface area (TPSA) is 104 Å². The number of alkyl halides is 3. The van der Waals surface area contributed by atoms with Gasteiger partial charge in [0.25, 0.3) is 11.8 Å². The van der Waals surface area contributed by atoms with Crippen LogP contribution in [-0.2, 0) is 11.4 Å². The largest absolute Gasteiger partial charge is 0.478 e. The molecule has 3 N–H and O–H groups in total. The van der Waals surface area contributed by atoms with Crippen molar-refractivity contribution in [2.75, 3.05) is 11.4 Å². The minimum Gasteiger partial charge on any atom is -0.478 e. The van der Waals surface area contributed by atoms with Crippen molar-refractivity contribution in [3.8, 4) is 5.75 Å². The number of ether oxygens (including phenoxy) is 1. The summed E-state index contributed by atoms with van der Waals surface area (Å²) in [7, 11) is 0. The van der Waals surface area contributed by atoms with Gasteiger partial charge in [-0.05, 0) is 69.9 Å². The fourth-order valence-electron chi connectivity index (χ4n) is 5.08. The maximum atomic E-state index is 13.1. The number of anilines is 1. The molecule has 206 valence electrons. The van der Waals surface area contributed by atoms with Gasteiger partial charge in [0.15, 0.2) is 5.60 Å². The standard InChI is InChI=1S/C26H30ClF3N4O4/c1-25(2,38-21-7-4-17(27)9-16(21)13-35)24(37)33-18-10-19-5-6-20(11-18)34(19)22-8-3-15(12-31-22)23(36)32-14-26(28,29)30/h3-4,7-9,12,18-20,35H,5-6,10-11,13-14H2,1-2H3,(H,32,36)(H,33,37)/t18?,19-,20+. The molecule has 1 unspecified atom stereocenters. The fourth-order valence-corrected chi connectivity index (χ4v) is 5.27. The lowest BCUT2D eigenvalue weighted by Crippen LogP contribution is -2.55. The Morgan fingerprint density at radius 1 is 1.16 bits per heavy atom. The first-order chi connectivity index (χ1) is 17.9. The number of nitrogens with zero attached hydrogens (tertiary/aromatic N) is 2. The zero-order valence-corrected chi connectivity index (χ0v) is 21.8. The number of hydrogen-bond donors (Lipinski definition) is 3. The van der Waals surface area contributed by atoms with Crippen molar-refractivity contribution < 1.29 is 32.6 Å². The number of amides is 2. The zero-order chi connectivity index (χ0) is 27.7. The maximum Gasteiger partial charge on any atom is 0.405 e. The first kappa shape index (κ1) is 28.0. The zero-order valence-electron chi connectivity index (χ0n) is 21.0. The highest BCUT2D eigenvalue weighted by atomic mass is 35.5. The quantitative estimate of drug-likeness (QED) is 0.456. The second-order valence-corrected chi connectivity index (χ2v) is 10.6. The number of fused-ring (bicyclic) bond motifs is 2. The number of benzene rings is 1. The second kappa shape index (κ2) is 11.0.